The van der Waals surface area contributed by atoms with Crippen LogP contribution in [0.3, 0.4) is 0 Å². The maximum Gasteiger partial charge on any atom is 0.410 e. The molecule has 1 saturated heterocycles. The fraction of sp³-hybridized carbons (Fsp3) is 0.857. The van der Waals surface area contributed by atoms with Crippen molar-refractivity contribution in [3.8, 4) is 0 Å². The highest BCUT2D eigenvalue weighted by Gasteiger charge is 2.28. The van der Waals surface area contributed by atoms with Crippen LogP contribution >= 0.6 is 0 Å². The van der Waals surface area contributed by atoms with Gasteiger partial charge in [0.2, 0.25) is 0 Å². The van der Waals surface area contributed by atoms with Crippen LogP contribution in [0.1, 0.15) is 6.92 Å². The molecule has 1 aliphatic heterocycles. The van der Waals surface area contributed by atoms with E-state index in [1.54, 1.807) is 12.0 Å². The molecule has 0 saturated carbocycles. The Morgan fingerprint density at radius 2 is 2.55 bits per heavy atom. The largest absolute Gasteiger partial charge is 0.447 e. The number of hydrogen-bond donors (Lipinski definition) is 0. The summed E-state index contributed by atoms with van der Waals surface area (Å²) < 4.78 is 9.66. The minimum absolute atomic E-state index is 0.192. The topological polar surface area (TPSA) is 38.8 Å². The molecule has 0 aliphatic carbocycles. The highest BCUT2D eigenvalue weighted by molar-refractivity contribution is 5.69. The SMILES string of the molecule is COCCN1C(=O)OCC1C. The van der Waals surface area contributed by atoms with E-state index in [1.807, 2.05) is 6.92 Å². The first kappa shape index (κ1) is 8.33. The smallest absolute Gasteiger partial charge is 0.410 e. The number of hydrogen-bond acceptors (Lipinski definition) is 3. The zero-order valence-electron chi connectivity index (χ0n) is 6.87. The standard InChI is InChI=1S/C7H13NO3/c1-6-5-11-7(9)8(6)3-4-10-2/h6H,3-5H2,1-2H3. The van der Waals surface area contributed by atoms with Gasteiger partial charge in [0, 0.05) is 13.7 Å². The van der Waals surface area contributed by atoms with Crippen molar-refractivity contribution >= 4 is 6.09 Å². The fourth-order valence-electron chi connectivity index (χ4n) is 1.05. The molecule has 11 heavy (non-hydrogen) atoms. The first-order valence-corrected chi connectivity index (χ1v) is 3.68. The van der Waals surface area contributed by atoms with Crippen molar-refractivity contribution in [1.29, 1.82) is 0 Å². The molecule has 0 aromatic carbocycles. The van der Waals surface area contributed by atoms with Gasteiger partial charge in [0.1, 0.15) is 6.61 Å². The second kappa shape index (κ2) is 3.57. The number of carbonyl (C=O) groups is 1. The average molecular weight is 159 g/mol. The average Bonchev–Trinajstić information content (AvgIpc) is 2.29. The number of nitrogens with zero attached hydrogens (tertiary/aromatic N) is 1. The van der Waals surface area contributed by atoms with E-state index in [1.165, 1.54) is 0 Å². The molecule has 1 aliphatic rings. The Bertz CT molecular complexity index is 149. The van der Waals surface area contributed by atoms with Gasteiger partial charge in [-0.2, -0.15) is 0 Å². The number of rotatable bonds is 3. The third-order valence-electron chi connectivity index (χ3n) is 1.75. The van der Waals surface area contributed by atoms with E-state index in [0.717, 1.165) is 0 Å². The number of cyclic esters (lactones) is 1. The van der Waals surface area contributed by atoms with E-state index in [-0.39, 0.29) is 12.1 Å². The van der Waals surface area contributed by atoms with Crippen molar-refractivity contribution in [2.24, 2.45) is 0 Å². The molecular weight excluding hydrogens is 146 g/mol. The van der Waals surface area contributed by atoms with Crippen molar-refractivity contribution in [1.82, 2.24) is 4.90 Å². The Labute approximate surface area is 66.1 Å². The lowest BCUT2D eigenvalue weighted by Gasteiger charge is -2.16. The van der Waals surface area contributed by atoms with E-state index in [4.69, 9.17) is 9.47 Å². The molecule has 1 atom stereocenters. The van der Waals surface area contributed by atoms with Crippen LogP contribution in [0.4, 0.5) is 4.79 Å². The number of carbonyl (C=O) groups excluding carboxylic acids is 1. The molecule has 1 rings (SSSR count). The van der Waals surface area contributed by atoms with Crippen molar-refractivity contribution in [2.45, 2.75) is 13.0 Å². The third kappa shape index (κ3) is 1.83. The molecular formula is C7H13NO3. The first-order chi connectivity index (χ1) is 5.25. The summed E-state index contributed by atoms with van der Waals surface area (Å²) in [7, 11) is 1.62. The second-order valence-corrected chi connectivity index (χ2v) is 2.61. The normalized spacial score (nSPS) is 24.0. The summed E-state index contributed by atoms with van der Waals surface area (Å²) in [6, 6.07) is 0.192. The summed E-state index contributed by atoms with van der Waals surface area (Å²) in [4.78, 5) is 12.6. The van der Waals surface area contributed by atoms with Crippen LogP contribution in [0.15, 0.2) is 0 Å². The summed E-state index contributed by atoms with van der Waals surface area (Å²) >= 11 is 0. The van der Waals surface area contributed by atoms with Gasteiger partial charge in [-0.15, -0.1) is 0 Å². The molecule has 1 fully saturated rings. The van der Waals surface area contributed by atoms with Gasteiger partial charge in [-0.3, -0.25) is 4.90 Å². The Kier molecular flexibility index (Phi) is 2.70. The van der Waals surface area contributed by atoms with Gasteiger partial charge in [0.05, 0.1) is 12.6 Å². The maximum atomic E-state index is 10.9. The zero-order valence-corrected chi connectivity index (χ0v) is 6.87. The Hall–Kier alpha value is -0.770. The number of methoxy groups -OCH3 is 1. The summed E-state index contributed by atoms with van der Waals surface area (Å²) in [5.74, 6) is 0. The van der Waals surface area contributed by atoms with E-state index in [2.05, 4.69) is 0 Å². The molecule has 0 aromatic heterocycles. The van der Waals surface area contributed by atoms with Gasteiger partial charge in [-0.05, 0) is 6.92 Å². The first-order valence-electron chi connectivity index (χ1n) is 3.68. The van der Waals surface area contributed by atoms with Gasteiger partial charge >= 0.3 is 6.09 Å². The zero-order chi connectivity index (χ0) is 8.27. The van der Waals surface area contributed by atoms with Crippen LogP contribution in [-0.4, -0.2) is 43.9 Å². The molecule has 4 heteroatoms. The van der Waals surface area contributed by atoms with Gasteiger partial charge in [0.15, 0.2) is 0 Å². The Balaban J connectivity index is 2.35. The van der Waals surface area contributed by atoms with Crippen LogP contribution in [0.5, 0.6) is 0 Å². The van der Waals surface area contributed by atoms with Crippen molar-refractivity contribution in [3.63, 3.8) is 0 Å². The monoisotopic (exact) mass is 159 g/mol. The molecule has 4 nitrogen and oxygen atoms in total. The molecule has 1 unspecified atom stereocenters. The number of ether oxygens (including phenoxy) is 2. The highest BCUT2D eigenvalue weighted by atomic mass is 16.6. The van der Waals surface area contributed by atoms with Crippen LogP contribution < -0.4 is 0 Å². The molecule has 0 radical (unpaired) electrons. The summed E-state index contributed by atoms with van der Waals surface area (Å²) in [6.07, 6.45) is -0.227. The van der Waals surface area contributed by atoms with E-state index in [0.29, 0.717) is 19.8 Å². The van der Waals surface area contributed by atoms with Crippen LogP contribution in [-0.2, 0) is 9.47 Å². The van der Waals surface area contributed by atoms with Crippen LogP contribution in [0.25, 0.3) is 0 Å². The third-order valence-corrected chi connectivity index (χ3v) is 1.75. The predicted octanol–water partition coefficient (Wildman–Crippen LogP) is 0.473. The number of amides is 1. The van der Waals surface area contributed by atoms with Gasteiger partial charge in [-0.1, -0.05) is 0 Å². The van der Waals surface area contributed by atoms with Gasteiger partial charge in [0.25, 0.3) is 0 Å². The van der Waals surface area contributed by atoms with Crippen molar-refractivity contribution in [3.05, 3.63) is 0 Å². The van der Waals surface area contributed by atoms with Crippen LogP contribution in [0, 0.1) is 0 Å². The minimum Gasteiger partial charge on any atom is -0.447 e. The Morgan fingerprint density at radius 1 is 1.82 bits per heavy atom. The minimum atomic E-state index is -0.227. The van der Waals surface area contributed by atoms with E-state index >= 15 is 0 Å². The second-order valence-electron chi connectivity index (χ2n) is 2.61. The predicted molar refractivity (Wildman–Crippen MR) is 39.4 cm³/mol. The quantitative estimate of drug-likeness (QED) is 0.601. The highest BCUT2D eigenvalue weighted by Crippen LogP contribution is 2.10. The summed E-state index contributed by atoms with van der Waals surface area (Å²) in [5.41, 5.74) is 0. The molecule has 64 valence electrons. The maximum absolute atomic E-state index is 10.9. The van der Waals surface area contributed by atoms with Crippen LogP contribution in [0.2, 0.25) is 0 Å². The molecule has 0 spiro atoms. The van der Waals surface area contributed by atoms with E-state index in [9.17, 15) is 4.79 Å². The molecule has 0 bridgehead atoms. The Morgan fingerprint density at radius 3 is 3.00 bits per heavy atom. The van der Waals surface area contributed by atoms with E-state index < -0.39 is 0 Å². The fourth-order valence-corrected chi connectivity index (χ4v) is 1.05. The lowest BCUT2D eigenvalue weighted by Crippen LogP contribution is -2.33. The molecule has 0 aromatic rings. The molecule has 1 heterocycles. The van der Waals surface area contributed by atoms with Crippen molar-refractivity contribution in [2.75, 3.05) is 26.9 Å². The summed E-state index contributed by atoms with van der Waals surface area (Å²) in [5, 5.41) is 0. The van der Waals surface area contributed by atoms with Crippen molar-refractivity contribution < 1.29 is 14.3 Å². The van der Waals surface area contributed by atoms with Gasteiger partial charge in [-0.25, -0.2) is 4.79 Å². The lowest BCUT2D eigenvalue weighted by molar-refractivity contribution is 0.135. The lowest BCUT2D eigenvalue weighted by atomic mass is 10.3. The summed E-state index contributed by atoms with van der Waals surface area (Å²) in [6.45, 7) is 3.65. The van der Waals surface area contributed by atoms with Gasteiger partial charge < -0.3 is 9.47 Å². The molecule has 1 amide bonds. The molecule has 0 N–H and O–H groups in total.